The van der Waals surface area contributed by atoms with Gasteiger partial charge in [-0.15, -0.1) is 0 Å². The fraction of sp³-hybridized carbons (Fsp3) is 1.00. The van der Waals surface area contributed by atoms with Gasteiger partial charge in [0.2, 0.25) is 10.0 Å². The van der Waals surface area contributed by atoms with Gasteiger partial charge in [0.05, 0.1) is 5.25 Å². The van der Waals surface area contributed by atoms with Crippen molar-refractivity contribution in [2.45, 2.75) is 49.8 Å². The Balaban J connectivity index is 2.03. The third kappa shape index (κ3) is 2.19. The van der Waals surface area contributed by atoms with Crippen LogP contribution in [0.2, 0.25) is 0 Å². The second-order valence-electron chi connectivity index (χ2n) is 4.75. The molecule has 1 heterocycles. The Hall–Kier alpha value is -0.130. The van der Waals surface area contributed by atoms with E-state index in [1.165, 1.54) is 0 Å². The van der Waals surface area contributed by atoms with E-state index in [4.69, 9.17) is 0 Å². The smallest absolute Gasteiger partial charge is 0.216 e. The molecule has 2 N–H and O–H groups in total. The quantitative estimate of drug-likeness (QED) is 0.746. The van der Waals surface area contributed by atoms with E-state index in [9.17, 15) is 8.42 Å². The van der Waals surface area contributed by atoms with Crippen LogP contribution in [0.4, 0.5) is 0 Å². The molecule has 0 aromatic heterocycles. The van der Waals surface area contributed by atoms with Crippen molar-refractivity contribution in [2.75, 3.05) is 13.1 Å². The summed E-state index contributed by atoms with van der Waals surface area (Å²) < 4.78 is 27.0. The van der Waals surface area contributed by atoms with Gasteiger partial charge in [0.1, 0.15) is 0 Å². The summed E-state index contributed by atoms with van der Waals surface area (Å²) in [4.78, 5) is 0. The van der Waals surface area contributed by atoms with Crippen molar-refractivity contribution in [2.24, 2.45) is 0 Å². The Labute approximate surface area is 91.9 Å². The molecular weight excluding hydrogens is 212 g/mol. The van der Waals surface area contributed by atoms with Crippen molar-refractivity contribution >= 4 is 10.0 Å². The fourth-order valence-electron chi connectivity index (χ4n) is 2.41. The Morgan fingerprint density at radius 2 is 2.20 bits per heavy atom. The first-order valence-corrected chi connectivity index (χ1v) is 7.36. The lowest BCUT2D eigenvalue weighted by atomic mass is 9.76. The second-order valence-corrected chi connectivity index (χ2v) is 6.71. The zero-order valence-corrected chi connectivity index (χ0v) is 10.1. The maximum Gasteiger partial charge on any atom is 0.216 e. The zero-order chi connectivity index (χ0) is 10.9. The fourth-order valence-corrected chi connectivity index (χ4v) is 4.29. The van der Waals surface area contributed by atoms with Crippen LogP contribution in [0.1, 0.15) is 39.0 Å². The Kier molecular flexibility index (Phi) is 3.05. The zero-order valence-electron chi connectivity index (χ0n) is 9.25. The van der Waals surface area contributed by atoms with Gasteiger partial charge < -0.3 is 5.32 Å². The van der Waals surface area contributed by atoms with Crippen molar-refractivity contribution in [3.05, 3.63) is 0 Å². The molecule has 2 aliphatic rings. The molecule has 0 spiro atoms. The van der Waals surface area contributed by atoms with Crippen LogP contribution in [0.15, 0.2) is 0 Å². The molecular formula is C10H20N2O2S. The van der Waals surface area contributed by atoms with Crippen LogP contribution in [-0.2, 0) is 10.0 Å². The Morgan fingerprint density at radius 3 is 2.60 bits per heavy atom. The topological polar surface area (TPSA) is 58.2 Å². The lowest BCUT2D eigenvalue weighted by Gasteiger charge is -2.42. The van der Waals surface area contributed by atoms with E-state index >= 15 is 0 Å². The van der Waals surface area contributed by atoms with Gasteiger partial charge in [0, 0.05) is 12.1 Å². The normalized spacial score (nSPS) is 30.1. The van der Waals surface area contributed by atoms with E-state index < -0.39 is 10.0 Å². The number of hydrogen-bond donors (Lipinski definition) is 2. The minimum absolute atomic E-state index is 0.110. The third-order valence-corrected chi connectivity index (χ3v) is 5.80. The molecule has 4 nitrogen and oxygen atoms in total. The van der Waals surface area contributed by atoms with Crippen molar-refractivity contribution in [1.29, 1.82) is 0 Å². The van der Waals surface area contributed by atoms with Gasteiger partial charge >= 0.3 is 0 Å². The highest BCUT2D eigenvalue weighted by Crippen LogP contribution is 2.35. The molecule has 1 aliphatic heterocycles. The van der Waals surface area contributed by atoms with Crippen LogP contribution < -0.4 is 10.0 Å². The van der Waals surface area contributed by atoms with Gasteiger partial charge in [-0.3, -0.25) is 0 Å². The first-order valence-electron chi connectivity index (χ1n) is 5.81. The van der Waals surface area contributed by atoms with E-state index in [0.717, 1.165) is 38.6 Å². The van der Waals surface area contributed by atoms with Crippen LogP contribution in [0.25, 0.3) is 0 Å². The number of sulfonamides is 1. The minimum Gasteiger partial charge on any atom is -0.315 e. The van der Waals surface area contributed by atoms with Gasteiger partial charge in [-0.2, -0.15) is 0 Å². The van der Waals surface area contributed by atoms with Crippen LogP contribution in [0.3, 0.4) is 0 Å². The van der Waals surface area contributed by atoms with Crippen molar-refractivity contribution < 1.29 is 8.42 Å². The molecule has 0 aromatic rings. The highest BCUT2D eigenvalue weighted by Gasteiger charge is 2.41. The summed E-state index contributed by atoms with van der Waals surface area (Å²) in [5.74, 6) is 0. The van der Waals surface area contributed by atoms with Gasteiger partial charge in [-0.05, 0) is 38.6 Å². The minimum atomic E-state index is -3.10. The molecule has 1 atom stereocenters. The van der Waals surface area contributed by atoms with Gasteiger partial charge in [-0.1, -0.05) is 6.92 Å². The SMILES string of the molecule is CCC1(NS(=O)(=O)C2CCNC2)CCC1. The highest BCUT2D eigenvalue weighted by molar-refractivity contribution is 7.90. The van der Waals surface area contributed by atoms with Crippen LogP contribution >= 0.6 is 0 Å². The predicted octanol–water partition coefficient (Wildman–Crippen LogP) is 0.600. The van der Waals surface area contributed by atoms with Gasteiger partial charge in [-0.25, -0.2) is 13.1 Å². The first kappa shape index (κ1) is 11.4. The maximum atomic E-state index is 12.0. The van der Waals surface area contributed by atoms with E-state index in [-0.39, 0.29) is 10.8 Å². The van der Waals surface area contributed by atoms with Crippen LogP contribution in [0.5, 0.6) is 0 Å². The van der Waals surface area contributed by atoms with E-state index in [1.807, 2.05) is 0 Å². The maximum absolute atomic E-state index is 12.0. The highest BCUT2D eigenvalue weighted by atomic mass is 32.2. The molecule has 0 bridgehead atoms. The average Bonchev–Trinajstić information content (AvgIpc) is 2.64. The molecule has 5 heteroatoms. The standard InChI is InChI=1S/C10H20N2O2S/c1-2-10(5-3-6-10)12-15(13,14)9-4-7-11-8-9/h9,11-12H,2-8H2,1H3. The molecule has 1 unspecified atom stereocenters. The van der Waals surface area contributed by atoms with Gasteiger partial charge in [0.15, 0.2) is 0 Å². The lowest BCUT2D eigenvalue weighted by Crippen LogP contribution is -2.55. The Bertz CT molecular complexity index is 311. The molecule has 15 heavy (non-hydrogen) atoms. The van der Waals surface area contributed by atoms with E-state index in [1.54, 1.807) is 0 Å². The molecule has 88 valence electrons. The van der Waals surface area contributed by atoms with Crippen molar-refractivity contribution in [3.8, 4) is 0 Å². The molecule has 0 aromatic carbocycles. The summed E-state index contributed by atoms with van der Waals surface area (Å²) in [6.07, 6.45) is 4.81. The summed E-state index contributed by atoms with van der Waals surface area (Å²) in [6.45, 7) is 3.49. The van der Waals surface area contributed by atoms with Crippen LogP contribution in [0, 0.1) is 0 Å². The molecule has 2 fully saturated rings. The average molecular weight is 232 g/mol. The summed E-state index contributed by atoms with van der Waals surface area (Å²) in [6, 6.07) is 0. The van der Waals surface area contributed by atoms with Crippen LogP contribution in [-0.4, -0.2) is 32.3 Å². The molecule has 1 saturated carbocycles. The number of hydrogen-bond acceptors (Lipinski definition) is 3. The predicted molar refractivity (Wildman–Crippen MR) is 60.2 cm³/mol. The third-order valence-electron chi connectivity index (χ3n) is 3.80. The summed E-state index contributed by atoms with van der Waals surface area (Å²) in [7, 11) is -3.10. The molecule has 1 aliphatic carbocycles. The molecule has 1 saturated heterocycles. The number of rotatable bonds is 4. The van der Waals surface area contributed by atoms with E-state index in [0.29, 0.717) is 6.54 Å². The van der Waals surface area contributed by atoms with Crippen molar-refractivity contribution in [3.63, 3.8) is 0 Å². The lowest BCUT2D eigenvalue weighted by molar-refractivity contribution is 0.213. The largest absolute Gasteiger partial charge is 0.315 e. The second kappa shape index (κ2) is 4.03. The van der Waals surface area contributed by atoms with Gasteiger partial charge in [0.25, 0.3) is 0 Å². The van der Waals surface area contributed by atoms with Crippen molar-refractivity contribution in [1.82, 2.24) is 10.0 Å². The first-order chi connectivity index (χ1) is 7.08. The summed E-state index contributed by atoms with van der Waals surface area (Å²) >= 11 is 0. The van der Waals surface area contributed by atoms with E-state index in [2.05, 4.69) is 17.0 Å². The monoisotopic (exact) mass is 232 g/mol. The number of nitrogens with one attached hydrogen (secondary N) is 2. The molecule has 2 rings (SSSR count). The summed E-state index contributed by atoms with van der Waals surface area (Å²) in [5, 5.41) is 2.88. The summed E-state index contributed by atoms with van der Waals surface area (Å²) in [5.41, 5.74) is -0.110. The molecule has 0 amide bonds. The molecule has 0 radical (unpaired) electrons. The Morgan fingerprint density at radius 1 is 1.47 bits per heavy atom.